The van der Waals surface area contributed by atoms with Crippen molar-refractivity contribution in [2.24, 2.45) is 0 Å². The number of hydrogen-bond donors (Lipinski definition) is 1. The zero-order valence-corrected chi connectivity index (χ0v) is 8.55. The minimum absolute atomic E-state index is 0.416. The Bertz CT molecular complexity index is 269. The summed E-state index contributed by atoms with van der Waals surface area (Å²) in [6.07, 6.45) is 2.19. The fourth-order valence-electron chi connectivity index (χ4n) is 1.09. The van der Waals surface area contributed by atoms with Crippen molar-refractivity contribution in [1.29, 1.82) is 0 Å². The lowest BCUT2D eigenvalue weighted by Gasteiger charge is -2.10. The molecular weight excluding hydrogens is 180 g/mol. The summed E-state index contributed by atoms with van der Waals surface area (Å²) in [5.74, 6) is 0. The van der Waals surface area contributed by atoms with Gasteiger partial charge < -0.3 is 5.11 Å². The Labute approximate surface area is 83.5 Å². The molecule has 0 saturated heterocycles. The third kappa shape index (κ3) is 3.25. The number of benzene rings is 1. The first-order chi connectivity index (χ1) is 6.24. The Balaban J connectivity index is 2.59. The highest BCUT2D eigenvalue weighted by Gasteiger charge is 2.07. The molecule has 0 radical (unpaired) electrons. The topological polar surface area (TPSA) is 20.2 Å². The van der Waals surface area contributed by atoms with Gasteiger partial charge in [0.1, 0.15) is 0 Å². The second-order valence-electron chi connectivity index (χ2n) is 2.87. The smallest absolute Gasteiger partial charge is 0.0835 e. The van der Waals surface area contributed by atoms with E-state index in [1.165, 1.54) is 0 Å². The monoisotopic (exact) mass is 194 g/mol. The van der Waals surface area contributed by atoms with E-state index in [1.54, 1.807) is 11.8 Å². The molecule has 13 heavy (non-hydrogen) atoms. The first kappa shape index (κ1) is 10.4. The lowest BCUT2D eigenvalue weighted by Crippen LogP contribution is -1.96. The van der Waals surface area contributed by atoms with Gasteiger partial charge in [0.05, 0.1) is 6.10 Å². The summed E-state index contributed by atoms with van der Waals surface area (Å²) < 4.78 is 0. The van der Waals surface area contributed by atoms with Crippen LogP contribution in [-0.4, -0.2) is 11.4 Å². The predicted octanol–water partition coefficient (Wildman–Crippen LogP) is 2.99. The molecule has 0 spiro atoms. The fourth-order valence-corrected chi connectivity index (χ4v) is 1.42. The second kappa shape index (κ2) is 5.10. The second-order valence-corrected chi connectivity index (χ2v) is 3.86. The van der Waals surface area contributed by atoms with E-state index in [0.717, 1.165) is 10.5 Å². The molecule has 1 atom stereocenters. The van der Waals surface area contributed by atoms with Gasteiger partial charge in [-0.15, -0.1) is 11.8 Å². The molecule has 1 rings (SSSR count). The number of aliphatic hydroxyl groups is 1. The van der Waals surface area contributed by atoms with Crippen LogP contribution in [0.2, 0.25) is 0 Å². The molecule has 0 aliphatic carbocycles. The number of aliphatic hydroxyl groups excluding tert-OH is 1. The Kier molecular flexibility index (Phi) is 4.06. The summed E-state index contributed by atoms with van der Waals surface area (Å²) in [5, 5.41) is 9.75. The number of hydrogen-bond acceptors (Lipinski definition) is 2. The van der Waals surface area contributed by atoms with Crippen molar-refractivity contribution in [3.8, 4) is 0 Å². The van der Waals surface area contributed by atoms with Gasteiger partial charge in [-0.1, -0.05) is 36.9 Å². The molecule has 0 aliphatic rings. The fraction of sp³-hybridized carbons (Fsp3) is 0.273. The van der Waals surface area contributed by atoms with Crippen LogP contribution in [-0.2, 0) is 0 Å². The summed E-state index contributed by atoms with van der Waals surface area (Å²) in [7, 11) is 0. The number of thioether (sulfide) groups is 1. The third-order valence-electron chi connectivity index (χ3n) is 1.89. The molecular formula is C11H14OS. The van der Waals surface area contributed by atoms with E-state index in [4.69, 9.17) is 0 Å². The molecule has 1 N–H and O–H groups in total. The van der Waals surface area contributed by atoms with E-state index in [2.05, 4.69) is 6.58 Å². The Morgan fingerprint density at radius 2 is 2.08 bits per heavy atom. The first-order valence-corrected chi connectivity index (χ1v) is 5.41. The molecule has 1 unspecified atom stereocenters. The third-order valence-corrected chi connectivity index (χ3v) is 2.64. The predicted molar refractivity (Wildman–Crippen MR) is 58.7 cm³/mol. The summed E-state index contributed by atoms with van der Waals surface area (Å²) in [6, 6.07) is 9.66. The Morgan fingerprint density at radius 3 is 2.62 bits per heavy atom. The molecule has 0 saturated carbocycles. The van der Waals surface area contributed by atoms with Crippen LogP contribution in [0, 0.1) is 0 Å². The standard InChI is InChI=1S/C11H14OS/c1-9(13-2)8-11(12)10-6-4-3-5-7-10/h3-7,11-12H,1,8H2,2H3. The average molecular weight is 194 g/mol. The van der Waals surface area contributed by atoms with Crippen LogP contribution in [0.15, 0.2) is 41.8 Å². The van der Waals surface area contributed by atoms with Crippen LogP contribution >= 0.6 is 11.8 Å². The van der Waals surface area contributed by atoms with Gasteiger partial charge in [-0.05, 0) is 16.7 Å². The lowest BCUT2D eigenvalue weighted by molar-refractivity contribution is 0.180. The summed E-state index contributed by atoms with van der Waals surface area (Å²) in [5.41, 5.74) is 0.956. The molecule has 1 nitrogen and oxygen atoms in total. The summed E-state index contributed by atoms with van der Waals surface area (Å²) in [6.45, 7) is 3.84. The molecule has 0 aliphatic heterocycles. The van der Waals surface area contributed by atoms with E-state index in [1.807, 2.05) is 36.6 Å². The van der Waals surface area contributed by atoms with E-state index in [9.17, 15) is 5.11 Å². The van der Waals surface area contributed by atoms with Crippen LogP contribution in [0.4, 0.5) is 0 Å². The molecule has 70 valence electrons. The zero-order valence-electron chi connectivity index (χ0n) is 7.73. The van der Waals surface area contributed by atoms with Crippen molar-refractivity contribution in [2.45, 2.75) is 12.5 Å². The van der Waals surface area contributed by atoms with Crippen molar-refractivity contribution in [3.05, 3.63) is 47.4 Å². The van der Waals surface area contributed by atoms with Crippen LogP contribution in [0.5, 0.6) is 0 Å². The van der Waals surface area contributed by atoms with E-state index in [-0.39, 0.29) is 0 Å². The maximum Gasteiger partial charge on any atom is 0.0835 e. The normalized spacial score (nSPS) is 12.5. The summed E-state index contributed by atoms with van der Waals surface area (Å²) in [4.78, 5) is 1.01. The Hall–Kier alpha value is -0.730. The van der Waals surface area contributed by atoms with E-state index >= 15 is 0 Å². The van der Waals surface area contributed by atoms with Crippen molar-refractivity contribution in [2.75, 3.05) is 6.26 Å². The van der Waals surface area contributed by atoms with Crippen LogP contribution in [0.1, 0.15) is 18.1 Å². The average Bonchev–Trinajstić information content (AvgIpc) is 2.19. The largest absolute Gasteiger partial charge is 0.388 e. The molecule has 1 aromatic rings. The molecule has 0 amide bonds. The minimum Gasteiger partial charge on any atom is -0.388 e. The summed E-state index contributed by atoms with van der Waals surface area (Å²) >= 11 is 1.59. The van der Waals surface area contributed by atoms with Crippen molar-refractivity contribution >= 4 is 11.8 Å². The Morgan fingerprint density at radius 1 is 1.46 bits per heavy atom. The highest BCUT2D eigenvalue weighted by Crippen LogP contribution is 2.24. The van der Waals surface area contributed by atoms with E-state index < -0.39 is 6.10 Å². The van der Waals surface area contributed by atoms with Crippen molar-refractivity contribution in [3.63, 3.8) is 0 Å². The van der Waals surface area contributed by atoms with Gasteiger partial charge in [0.15, 0.2) is 0 Å². The molecule has 0 fully saturated rings. The van der Waals surface area contributed by atoms with Gasteiger partial charge in [0.2, 0.25) is 0 Å². The maximum atomic E-state index is 9.75. The van der Waals surface area contributed by atoms with Gasteiger partial charge in [-0.2, -0.15) is 0 Å². The molecule has 2 heteroatoms. The van der Waals surface area contributed by atoms with Gasteiger partial charge in [0.25, 0.3) is 0 Å². The van der Waals surface area contributed by atoms with Crippen LogP contribution < -0.4 is 0 Å². The molecule has 0 bridgehead atoms. The van der Waals surface area contributed by atoms with Crippen LogP contribution in [0.25, 0.3) is 0 Å². The quantitative estimate of drug-likeness (QED) is 0.795. The lowest BCUT2D eigenvalue weighted by atomic mass is 10.1. The van der Waals surface area contributed by atoms with Gasteiger partial charge >= 0.3 is 0 Å². The molecule has 0 aromatic heterocycles. The maximum absolute atomic E-state index is 9.75. The van der Waals surface area contributed by atoms with E-state index in [0.29, 0.717) is 6.42 Å². The highest BCUT2D eigenvalue weighted by molar-refractivity contribution is 8.02. The van der Waals surface area contributed by atoms with Gasteiger partial charge in [-0.3, -0.25) is 0 Å². The van der Waals surface area contributed by atoms with Crippen molar-refractivity contribution in [1.82, 2.24) is 0 Å². The van der Waals surface area contributed by atoms with Gasteiger partial charge in [0, 0.05) is 6.42 Å². The zero-order chi connectivity index (χ0) is 9.68. The molecule has 1 aromatic carbocycles. The van der Waals surface area contributed by atoms with Crippen LogP contribution in [0.3, 0.4) is 0 Å². The minimum atomic E-state index is -0.416. The van der Waals surface area contributed by atoms with Crippen molar-refractivity contribution < 1.29 is 5.11 Å². The van der Waals surface area contributed by atoms with Gasteiger partial charge in [-0.25, -0.2) is 0 Å². The highest BCUT2D eigenvalue weighted by atomic mass is 32.2. The number of rotatable bonds is 4. The molecule has 0 heterocycles. The first-order valence-electron chi connectivity index (χ1n) is 4.19. The SMILES string of the molecule is C=C(CC(O)c1ccccc1)SC.